The van der Waals surface area contributed by atoms with Crippen LogP contribution in [0, 0.1) is 16.7 Å². The molecule has 0 saturated carbocycles. The van der Waals surface area contributed by atoms with Crippen LogP contribution < -0.4 is 110 Å². The van der Waals surface area contributed by atoms with Gasteiger partial charge in [-0.1, -0.05) is 153 Å². The first-order valence-electron chi connectivity index (χ1n) is 47.7. The SMILES string of the molecule is CCCCCCCCCCCCCCCCCC(=O)N[C@H](C(=O)N[C@@H](CCCNC(=N)N)C(=O)N[C@@H](CC(=O)O)C(=O)N[C@H](C(=O)N[C@@H](Cc1ccc(OS(=O)(=O)O)cc1)C(=O)N[C@@H](CCC(=O)O)C(=O)N[C@H](C(=O)N[C@@H](CC(=O)O)C(=O)N[C@@H](Cc1ccc(OS(=O)(=O)O)cc1)C(=O)N[C@@H](Cc1ccc(OS(=O)(=O)O)cc1)C(=O)N[C@@H](CCCNC(=N)N)C(=O)N[C@@H](CCCCN)C(N)=O)[C@@H](C)O)[C@@H](C)CC)[C@@H](C)O. The molecule has 0 aliphatic carbocycles. The molecule has 0 spiro atoms. The Labute approximate surface area is 846 Å². The van der Waals surface area contributed by atoms with Crippen molar-refractivity contribution in [3.8, 4) is 17.2 Å². The Bertz CT molecular complexity index is 5170. The molecule has 0 aliphatic heterocycles. The van der Waals surface area contributed by atoms with E-state index in [1.165, 1.54) is 72.1 Å². The van der Waals surface area contributed by atoms with E-state index in [0.717, 1.165) is 112 Å². The molecule has 0 radical (unpaired) electrons. The van der Waals surface area contributed by atoms with Gasteiger partial charge in [0.05, 0.1) is 25.0 Å². The molecule has 0 bridgehead atoms. The number of carbonyl (C=O) groups is 16. The normalized spacial score (nSPS) is 14.5. The second-order valence-corrected chi connectivity index (χ2v) is 38.1. The zero-order chi connectivity index (χ0) is 110. The molecule has 0 saturated heterocycles. The van der Waals surface area contributed by atoms with Crippen molar-refractivity contribution < 1.29 is 154 Å². The van der Waals surface area contributed by atoms with Crippen LogP contribution in [0.4, 0.5) is 0 Å². The number of aliphatic hydroxyl groups is 2. The Morgan fingerprint density at radius 3 is 0.945 bits per heavy atom. The lowest BCUT2D eigenvalue weighted by Crippen LogP contribution is -2.63. The van der Waals surface area contributed by atoms with Gasteiger partial charge in [0.2, 0.25) is 76.8 Å². The van der Waals surface area contributed by atoms with E-state index < -0.39 is 291 Å². The lowest BCUT2D eigenvalue weighted by atomic mass is 9.96. The van der Waals surface area contributed by atoms with Crippen LogP contribution in [-0.4, -0.2) is 275 Å². The van der Waals surface area contributed by atoms with Crippen LogP contribution in [-0.2, 0) is 127 Å². The number of hydrogen-bond acceptors (Lipinski definition) is 30. The summed E-state index contributed by atoms with van der Waals surface area (Å²) in [5, 5.41) is 101. The molecule has 818 valence electrons. The number of rotatable bonds is 75. The van der Waals surface area contributed by atoms with Gasteiger partial charge in [0.15, 0.2) is 11.9 Å². The largest absolute Gasteiger partial charge is 0.481 e. The molecule has 3 rings (SSSR count). The van der Waals surface area contributed by atoms with Gasteiger partial charge in [-0.2, -0.15) is 25.3 Å². The maximum atomic E-state index is 15.1. The number of nitrogens with one attached hydrogen (secondary N) is 16. The minimum atomic E-state index is -5.17. The number of aliphatic hydroxyl groups excluding tert-OH is 2. The highest BCUT2D eigenvalue weighted by atomic mass is 32.3. The summed E-state index contributed by atoms with van der Waals surface area (Å²) >= 11 is 0. The Morgan fingerprint density at radius 2 is 0.610 bits per heavy atom. The minimum Gasteiger partial charge on any atom is -0.481 e. The molecular weight excluding hydrogens is 1990 g/mol. The molecule has 53 nitrogen and oxygen atoms in total. The minimum absolute atomic E-state index is 0.0121. The summed E-state index contributed by atoms with van der Waals surface area (Å²) in [5.41, 5.74) is 22.2. The number of nitrogens with two attached hydrogens (primary N) is 4. The van der Waals surface area contributed by atoms with Crippen molar-refractivity contribution in [2.45, 2.75) is 318 Å². The molecule has 15 atom stereocenters. The van der Waals surface area contributed by atoms with Crippen molar-refractivity contribution in [2.24, 2.45) is 28.9 Å². The van der Waals surface area contributed by atoms with E-state index >= 15 is 9.59 Å². The lowest BCUT2D eigenvalue weighted by molar-refractivity contribution is -0.142. The number of unbranched alkanes of at least 4 members (excludes halogenated alkanes) is 15. The topological polar surface area (TPSA) is 885 Å². The average molecular weight is 2130 g/mol. The van der Waals surface area contributed by atoms with Crippen LogP contribution in [0.1, 0.15) is 231 Å². The van der Waals surface area contributed by atoms with E-state index in [2.05, 4.69) is 88.6 Å². The van der Waals surface area contributed by atoms with Crippen LogP contribution in [0.5, 0.6) is 17.2 Å². The number of carboxylic acid groups (broad SMARTS) is 3. The van der Waals surface area contributed by atoms with Gasteiger partial charge in [-0.05, 0) is 137 Å². The highest BCUT2D eigenvalue weighted by Gasteiger charge is 2.41. The fourth-order valence-corrected chi connectivity index (χ4v) is 15.8. The first kappa shape index (κ1) is 127. The second kappa shape index (κ2) is 66.0. The fourth-order valence-electron chi connectivity index (χ4n) is 14.8. The van der Waals surface area contributed by atoms with Gasteiger partial charge in [0, 0.05) is 45.2 Å². The van der Waals surface area contributed by atoms with E-state index in [4.69, 9.17) is 33.8 Å². The van der Waals surface area contributed by atoms with Crippen LogP contribution in [0.25, 0.3) is 0 Å². The Hall–Kier alpha value is -13.3. The molecule has 146 heavy (non-hydrogen) atoms. The Morgan fingerprint density at radius 1 is 0.329 bits per heavy atom. The number of amides is 13. The number of primary amides is 1. The van der Waals surface area contributed by atoms with E-state index in [9.17, 15) is 132 Å². The summed E-state index contributed by atoms with van der Waals surface area (Å²) < 4.78 is 112. The Balaban J connectivity index is 2.13. The van der Waals surface area contributed by atoms with Crippen LogP contribution >= 0.6 is 0 Å². The van der Waals surface area contributed by atoms with Crippen molar-refractivity contribution in [2.75, 3.05) is 19.6 Å². The monoisotopic (exact) mass is 2130 g/mol. The summed E-state index contributed by atoms with van der Waals surface area (Å²) in [6, 6.07) is -10.9. The van der Waals surface area contributed by atoms with Crippen molar-refractivity contribution in [3.05, 3.63) is 89.5 Å². The molecule has 32 N–H and O–H groups in total. The highest BCUT2D eigenvalue weighted by Crippen LogP contribution is 2.23. The molecular formula is C90H142N20O33S3. The summed E-state index contributed by atoms with van der Waals surface area (Å²) in [4.78, 5) is 225. The zero-order valence-electron chi connectivity index (χ0n) is 81.9. The molecule has 3 aromatic carbocycles. The van der Waals surface area contributed by atoms with Gasteiger partial charge in [0.25, 0.3) is 0 Å². The molecule has 3 aromatic rings. The van der Waals surface area contributed by atoms with E-state index in [0.29, 0.717) is 19.3 Å². The van der Waals surface area contributed by atoms with Gasteiger partial charge < -0.3 is 135 Å². The van der Waals surface area contributed by atoms with Crippen LogP contribution in [0.15, 0.2) is 72.8 Å². The predicted molar refractivity (Wildman–Crippen MR) is 524 cm³/mol. The van der Waals surface area contributed by atoms with Crippen molar-refractivity contribution in [1.82, 2.24) is 74.4 Å². The summed E-state index contributed by atoms with van der Waals surface area (Å²) in [6.07, 6.45) is 5.55. The molecule has 56 heteroatoms. The smallest absolute Gasteiger partial charge is 0.446 e. The molecule has 0 fully saturated rings. The zero-order valence-corrected chi connectivity index (χ0v) is 84.4. The maximum absolute atomic E-state index is 15.1. The second-order valence-electron chi connectivity index (χ2n) is 35.0. The van der Waals surface area contributed by atoms with Gasteiger partial charge in [0.1, 0.15) is 89.8 Å². The van der Waals surface area contributed by atoms with Crippen LogP contribution in [0.3, 0.4) is 0 Å². The molecule has 0 aromatic heterocycles. The van der Waals surface area contributed by atoms with Crippen LogP contribution in [0.2, 0.25) is 0 Å². The number of carboxylic acids is 3. The van der Waals surface area contributed by atoms with Crippen molar-refractivity contribution >= 4 is 138 Å². The highest BCUT2D eigenvalue weighted by molar-refractivity contribution is 7.81. The van der Waals surface area contributed by atoms with Gasteiger partial charge >= 0.3 is 49.1 Å². The first-order valence-corrected chi connectivity index (χ1v) is 51.8. The van der Waals surface area contributed by atoms with Gasteiger partial charge in [-0.25, -0.2) is 0 Å². The average Bonchev–Trinajstić information content (AvgIpc) is 0.839. The third kappa shape index (κ3) is 53.5. The summed E-state index contributed by atoms with van der Waals surface area (Å²) in [5.74, 6) is -25.1. The van der Waals surface area contributed by atoms with E-state index in [-0.39, 0.29) is 87.7 Å². The number of aliphatic carboxylic acids is 3. The molecule has 0 heterocycles. The number of hydrogen-bond donors (Lipinski definition) is 28. The summed E-state index contributed by atoms with van der Waals surface area (Å²) in [7, 11) is -15.4. The molecule has 13 amide bonds. The fraction of sp³-hybridized carbons (Fsp3) is 0.600. The third-order valence-corrected chi connectivity index (χ3v) is 23.9. The standard InChI is InChI=1S/C90H142N20O33S3/c1-6-8-9-10-11-12-13-14-15-16-17-18-19-20-21-29-70(113)108-75(53(4)111)87(130)102-63(28-25-46-98-90(95)96)79(122)105-69(51-73(118)119)85(128)109-74(52(3)7-2)86(129)106-67(49-57-34-40-60(41-35-57)143-146(138,139)140)82(125)101-64(42-43-71(114)115)80(123)110-76(54(5)112)88(131)107-68(50-72(116)117)84(127)104-66(48-56-32-38-59(39-33-56)142-145(135,136)137)83(126)103-65(47-55-30-36-58(37-31-55)141-144(132,133)134)81(124)100-62(27-24-45-97-89(93)94)78(121)99-61(77(92)120)26-22-23-44-91/h30-41,52-54,61-69,74-76,111-112H,6-29,42-51,91H2,1-5H3,(H2,92,120)(H,99,121)(H,100,124)(H,101,125)(H,102,130)(H,103,126)(H,104,127)(H,105,122)(H,106,129)(H,107,131)(H,108,113)(H,109,128)(H,110,123)(H,114,115)(H,116,117)(H,118,119)(H4,93,94,97)(H4,95,96,98)(H,132,133,134)(H,135,136,137)(H,138,139,140)/t52-,53+,54+,61-,62-,63-,64-,65-,66-,67-,68-,69-,74-,75-,76-/m0/s1. The Kier molecular flexibility index (Phi) is 57.3. The van der Waals surface area contributed by atoms with E-state index in [1.54, 1.807) is 0 Å². The summed E-state index contributed by atoms with van der Waals surface area (Å²) in [6.45, 7) is 7.19. The number of guanidine groups is 2. The molecule has 0 aliphatic rings. The molecule has 0 unspecified atom stereocenters. The quantitative estimate of drug-likeness (QED) is 0.0127. The van der Waals surface area contributed by atoms with Gasteiger partial charge in [-0.3, -0.25) is 101 Å². The van der Waals surface area contributed by atoms with Crippen molar-refractivity contribution in [3.63, 3.8) is 0 Å². The first-order chi connectivity index (χ1) is 68.6. The number of benzene rings is 3. The maximum Gasteiger partial charge on any atom is 0.446 e. The predicted octanol–water partition coefficient (Wildman–Crippen LogP) is -1.90. The number of carbonyl (C=O) groups excluding carboxylic acids is 13. The van der Waals surface area contributed by atoms with E-state index in [1.807, 2.05) is 5.32 Å². The third-order valence-electron chi connectivity index (χ3n) is 22.7. The van der Waals surface area contributed by atoms with Gasteiger partial charge in [-0.15, -0.1) is 0 Å². The lowest BCUT2D eigenvalue weighted by Gasteiger charge is -2.30. The van der Waals surface area contributed by atoms with Crippen molar-refractivity contribution in [1.29, 1.82) is 10.8 Å².